The lowest BCUT2D eigenvalue weighted by Gasteiger charge is -2.14. The van der Waals surface area contributed by atoms with Crippen molar-refractivity contribution in [1.82, 2.24) is 20.5 Å². The minimum Gasteiger partial charge on any atom is -0.490 e. The first kappa shape index (κ1) is 23.7. The highest BCUT2D eigenvalue weighted by Crippen LogP contribution is 2.44. The third-order valence-corrected chi connectivity index (χ3v) is 5.47. The first-order chi connectivity index (χ1) is 16.6. The fourth-order valence-electron chi connectivity index (χ4n) is 3.63. The van der Waals surface area contributed by atoms with Crippen LogP contribution in [-0.2, 0) is 15.9 Å². The molecule has 0 aliphatic heterocycles. The highest BCUT2D eigenvalue weighted by Gasteiger charge is 2.27. The van der Waals surface area contributed by atoms with Crippen LogP contribution in [0.1, 0.15) is 18.1 Å². The Kier molecular flexibility index (Phi) is 7.71. The van der Waals surface area contributed by atoms with E-state index in [1.54, 1.807) is 6.20 Å². The third kappa shape index (κ3) is 5.35. The van der Waals surface area contributed by atoms with Crippen molar-refractivity contribution in [3.63, 3.8) is 0 Å². The zero-order valence-electron chi connectivity index (χ0n) is 18.9. The van der Waals surface area contributed by atoms with Crippen molar-refractivity contribution < 1.29 is 23.7 Å². The van der Waals surface area contributed by atoms with Crippen LogP contribution >= 0.6 is 11.6 Å². The second-order valence-electron chi connectivity index (χ2n) is 7.34. The molecule has 0 fully saturated rings. The van der Waals surface area contributed by atoms with Crippen LogP contribution in [0.2, 0.25) is 5.15 Å². The lowest BCUT2D eigenvalue weighted by atomic mass is 10.1. The van der Waals surface area contributed by atoms with Gasteiger partial charge in [-0.25, -0.2) is 9.78 Å². The molecule has 1 aromatic carbocycles. The third-order valence-electron chi connectivity index (χ3n) is 5.17. The maximum absolute atomic E-state index is 11.0. The number of H-pyrrole nitrogens is 1. The SMILES string of the molecule is CCOc1cc2c(cc1OCCOCCNC(=O)OC)-c1[nH]nc(Nc3cccnc3Cl)c1C2. The zero-order valence-corrected chi connectivity index (χ0v) is 19.7. The average Bonchev–Trinajstić information content (AvgIpc) is 3.39. The van der Waals surface area contributed by atoms with Crippen molar-refractivity contribution in [2.45, 2.75) is 13.3 Å². The van der Waals surface area contributed by atoms with Crippen LogP contribution in [0.3, 0.4) is 0 Å². The van der Waals surface area contributed by atoms with Gasteiger partial charge in [-0.05, 0) is 36.8 Å². The maximum Gasteiger partial charge on any atom is 0.406 e. The van der Waals surface area contributed by atoms with E-state index in [9.17, 15) is 4.79 Å². The number of nitrogens with zero attached hydrogens (tertiary/aromatic N) is 2. The zero-order chi connectivity index (χ0) is 23.9. The summed E-state index contributed by atoms with van der Waals surface area (Å²) in [5, 5.41) is 13.7. The lowest BCUT2D eigenvalue weighted by molar-refractivity contribution is 0.0983. The van der Waals surface area contributed by atoms with Crippen LogP contribution in [-0.4, -0.2) is 61.4 Å². The fraction of sp³-hybridized carbons (Fsp3) is 0.348. The number of benzene rings is 1. The van der Waals surface area contributed by atoms with E-state index in [2.05, 4.69) is 30.6 Å². The van der Waals surface area contributed by atoms with Gasteiger partial charge in [-0.15, -0.1) is 0 Å². The van der Waals surface area contributed by atoms with Gasteiger partial charge in [-0.2, -0.15) is 5.10 Å². The van der Waals surface area contributed by atoms with Gasteiger partial charge in [-0.1, -0.05) is 11.6 Å². The van der Waals surface area contributed by atoms with Gasteiger partial charge < -0.3 is 29.6 Å². The van der Waals surface area contributed by atoms with Crippen molar-refractivity contribution >= 4 is 29.2 Å². The number of methoxy groups -OCH3 is 1. The molecule has 34 heavy (non-hydrogen) atoms. The molecule has 10 nitrogen and oxygen atoms in total. The molecule has 0 saturated heterocycles. The summed E-state index contributed by atoms with van der Waals surface area (Å²) in [7, 11) is 1.32. The molecule has 1 amide bonds. The Morgan fingerprint density at radius 3 is 2.85 bits per heavy atom. The minimum atomic E-state index is -0.487. The molecule has 1 aliphatic rings. The largest absolute Gasteiger partial charge is 0.490 e. The molecule has 11 heteroatoms. The van der Waals surface area contributed by atoms with Gasteiger partial charge in [0.1, 0.15) is 6.61 Å². The number of nitrogens with one attached hydrogen (secondary N) is 3. The summed E-state index contributed by atoms with van der Waals surface area (Å²) in [5.74, 6) is 2.01. The monoisotopic (exact) mass is 487 g/mol. The topological polar surface area (TPSA) is 120 Å². The molecule has 0 radical (unpaired) electrons. The van der Waals surface area contributed by atoms with Gasteiger partial charge in [0.15, 0.2) is 22.5 Å². The van der Waals surface area contributed by atoms with E-state index in [0.717, 1.165) is 22.4 Å². The number of aromatic amines is 1. The van der Waals surface area contributed by atoms with E-state index < -0.39 is 6.09 Å². The van der Waals surface area contributed by atoms with E-state index in [4.69, 9.17) is 25.8 Å². The van der Waals surface area contributed by atoms with E-state index in [1.807, 2.05) is 31.2 Å². The summed E-state index contributed by atoms with van der Waals surface area (Å²) in [6, 6.07) is 7.63. The summed E-state index contributed by atoms with van der Waals surface area (Å²) < 4.78 is 21.8. The molecule has 180 valence electrons. The number of rotatable bonds is 11. The molecule has 3 aromatic rings. The highest BCUT2D eigenvalue weighted by molar-refractivity contribution is 6.32. The van der Waals surface area contributed by atoms with Gasteiger partial charge in [0.2, 0.25) is 0 Å². The van der Waals surface area contributed by atoms with Crippen molar-refractivity contribution in [1.29, 1.82) is 0 Å². The number of hydrogen-bond acceptors (Lipinski definition) is 8. The van der Waals surface area contributed by atoms with Gasteiger partial charge in [-0.3, -0.25) is 5.10 Å². The molecule has 0 spiro atoms. The molecule has 1 aliphatic carbocycles. The predicted molar refractivity (Wildman–Crippen MR) is 127 cm³/mol. The van der Waals surface area contributed by atoms with Gasteiger partial charge in [0.25, 0.3) is 0 Å². The van der Waals surface area contributed by atoms with E-state index in [1.165, 1.54) is 7.11 Å². The second-order valence-corrected chi connectivity index (χ2v) is 7.70. The van der Waals surface area contributed by atoms with Crippen molar-refractivity contribution in [3.8, 4) is 22.8 Å². The number of carbonyl (C=O) groups is 1. The highest BCUT2D eigenvalue weighted by atomic mass is 35.5. The molecular formula is C23H26ClN5O5. The number of carbonyl (C=O) groups excluding carboxylic acids is 1. The number of fused-ring (bicyclic) bond motifs is 3. The van der Waals surface area contributed by atoms with Crippen molar-refractivity contribution in [2.75, 3.05) is 45.4 Å². The Hall–Kier alpha value is -3.50. The number of amides is 1. The molecule has 4 rings (SSSR count). The number of pyridine rings is 1. The predicted octanol–water partition coefficient (Wildman–Crippen LogP) is 3.92. The Morgan fingerprint density at radius 2 is 2.06 bits per heavy atom. The Morgan fingerprint density at radius 1 is 1.21 bits per heavy atom. The summed E-state index contributed by atoms with van der Waals surface area (Å²) >= 11 is 6.19. The van der Waals surface area contributed by atoms with Gasteiger partial charge in [0.05, 0.1) is 38.3 Å². The smallest absolute Gasteiger partial charge is 0.406 e. The van der Waals surface area contributed by atoms with Crippen LogP contribution in [0.25, 0.3) is 11.3 Å². The average molecular weight is 488 g/mol. The van der Waals surface area contributed by atoms with E-state index in [-0.39, 0.29) is 0 Å². The summed E-state index contributed by atoms with van der Waals surface area (Å²) in [6.07, 6.45) is 1.84. The van der Waals surface area contributed by atoms with Crippen LogP contribution < -0.4 is 20.1 Å². The van der Waals surface area contributed by atoms with Crippen molar-refractivity contribution in [2.24, 2.45) is 0 Å². The second kappa shape index (κ2) is 11.1. The Bertz CT molecular complexity index is 1150. The fourth-order valence-corrected chi connectivity index (χ4v) is 3.80. The molecule has 3 N–H and O–H groups in total. The molecule has 0 saturated carbocycles. The van der Waals surface area contributed by atoms with Crippen molar-refractivity contribution in [3.05, 3.63) is 46.7 Å². The molecular weight excluding hydrogens is 462 g/mol. The molecule has 0 bridgehead atoms. The minimum absolute atomic E-state index is 0.333. The quantitative estimate of drug-likeness (QED) is 0.215. The normalized spacial score (nSPS) is 11.5. The van der Waals surface area contributed by atoms with Crippen LogP contribution in [0.5, 0.6) is 11.5 Å². The number of aromatic nitrogens is 3. The summed E-state index contributed by atoms with van der Waals surface area (Å²) in [4.78, 5) is 15.1. The van der Waals surface area contributed by atoms with E-state index >= 15 is 0 Å². The Labute approximate surface area is 201 Å². The first-order valence-electron chi connectivity index (χ1n) is 10.9. The molecule has 2 aromatic heterocycles. The number of hydrogen-bond donors (Lipinski definition) is 3. The molecule has 0 atom stereocenters. The molecule has 2 heterocycles. The maximum atomic E-state index is 11.0. The van der Waals surface area contributed by atoms with Crippen LogP contribution in [0, 0.1) is 0 Å². The molecule has 0 unspecified atom stereocenters. The first-order valence-corrected chi connectivity index (χ1v) is 11.3. The number of ether oxygens (including phenoxy) is 4. The summed E-state index contributed by atoms with van der Waals surface area (Å²) in [6.45, 7) is 3.86. The van der Waals surface area contributed by atoms with Gasteiger partial charge >= 0.3 is 6.09 Å². The van der Waals surface area contributed by atoms with Crippen LogP contribution in [0.15, 0.2) is 30.5 Å². The van der Waals surface area contributed by atoms with Crippen LogP contribution in [0.4, 0.5) is 16.3 Å². The number of halogens is 1. The standard InChI is InChI=1S/C23H26ClN5O5/c1-3-33-18-12-14-11-16-20(28-29-22(16)27-17-5-4-6-25-21(17)24)15(14)13-19(18)34-10-9-32-8-7-26-23(30)31-2/h4-6,12-13H,3,7-11H2,1-2H3,(H,26,30)(H2,27,28,29). The lowest BCUT2D eigenvalue weighted by Crippen LogP contribution is -2.27. The number of alkyl carbamates (subject to hydrolysis) is 1. The number of anilines is 2. The summed E-state index contributed by atoms with van der Waals surface area (Å²) in [5.41, 5.74) is 4.78. The van der Waals surface area contributed by atoms with E-state index in [0.29, 0.717) is 67.6 Å². The van der Waals surface area contributed by atoms with Gasteiger partial charge in [0, 0.05) is 30.3 Å². The Balaban J connectivity index is 1.42.